The summed E-state index contributed by atoms with van der Waals surface area (Å²) in [5.74, 6) is -2.41. The van der Waals surface area contributed by atoms with Crippen LogP contribution in [0.25, 0.3) is 0 Å². The molecule has 1 aromatic carbocycles. The number of carboxylic acids is 1. The van der Waals surface area contributed by atoms with Gasteiger partial charge in [-0.05, 0) is 24.3 Å². The lowest BCUT2D eigenvalue weighted by atomic mass is 10.2. The van der Waals surface area contributed by atoms with Crippen molar-refractivity contribution in [1.82, 2.24) is 0 Å². The van der Waals surface area contributed by atoms with Gasteiger partial charge < -0.3 is 10.4 Å². The van der Waals surface area contributed by atoms with Crippen molar-refractivity contribution in [2.75, 3.05) is 5.32 Å². The van der Waals surface area contributed by atoms with E-state index < -0.39 is 23.5 Å². The number of rotatable bonds is 4. The second-order valence-corrected chi connectivity index (χ2v) is 5.15. The molecular weight excluding hydrogens is 310 g/mol. The van der Waals surface area contributed by atoms with Crippen molar-refractivity contribution in [3.8, 4) is 0 Å². The minimum atomic E-state index is -4.76. The van der Waals surface area contributed by atoms with Gasteiger partial charge in [0.05, 0.1) is 11.1 Å². The Bertz CT molecular complexity index is 666. The zero-order chi connectivity index (χ0) is 15.6. The summed E-state index contributed by atoms with van der Waals surface area (Å²) in [5.41, 5.74) is -1.12. The largest absolute Gasteiger partial charge is 0.478 e. The fourth-order valence-corrected chi connectivity index (χ4v) is 2.42. The van der Waals surface area contributed by atoms with Gasteiger partial charge in [-0.25, -0.2) is 9.18 Å². The maximum Gasteiger partial charge on any atom is 0.419 e. The van der Waals surface area contributed by atoms with E-state index in [1.807, 2.05) is 0 Å². The Morgan fingerprint density at radius 1 is 1.29 bits per heavy atom. The number of aromatic carboxylic acids is 1. The first-order valence-electron chi connectivity index (χ1n) is 5.68. The number of carbonyl (C=O) groups is 1. The highest BCUT2D eigenvalue weighted by atomic mass is 32.1. The zero-order valence-corrected chi connectivity index (χ0v) is 11.2. The average molecular weight is 319 g/mol. The van der Waals surface area contributed by atoms with Gasteiger partial charge >= 0.3 is 12.1 Å². The van der Waals surface area contributed by atoms with Crippen LogP contribution < -0.4 is 5.32 Å². The van der Waals surface area contributed by atoms with Gasteiger partial charge in [-0.2, -0.15) is 13.2 Å². The van der Waals surface area contributed by atoms with Crippen LogP contribution >= 0.6 is 11.3 Å². The van der Waals surface area contributed by atoms with Gasteiger partial charge in [0.1, 0.15) is 5.82 Å². The van der Waals surface area contributed by atoms with E-state index in [1.54, 1.807) is 0 Å². The number of carboxylic acid groups (broad SMARTS) is 1. The number of nitrogens with one attached hydrogen (secondary N) is 1. The third-order valence-electron chi connectivity index (χ3n) is 2.64. The predicted molar refractivity (Wildman–Crippen MR) is 70.0 cm³/mol. The molecule has 0 unspecified atom stereocenters. The van der Waals surface area contributed by atoms with Gasteiger partial charge in [0, 0.05) is 22.5 Å². The number of halogens is 4. The molecule has 0 saturated heterocycles. The molecule has 21 heavy (non-hydrogen) atoms. The summed E-state index contributed by atoms with van der Waals surface area (Å²) in [6, 6.07) is 4.04. The molecule has 0 amide bonds. The highest BCUT2D eigenvalue weighted by Crippen LogP contribution is 2.33. The van der Waals surface area contributed by atoms with E-state index in [2.05, 4.69) is 5.32 Å². The number of anilines is 1. The molecule has 0 aliphatic carbocycles. The molecule has 1 aromatic heterocycles. The smallest absolute Gasteiger partial charge is 0.419 e. The minimum Gasteiger partial charge on any atom is -0.478 e. The molecular formula is C13H9F4NO2S. The van der Waals surface area contributed by atoms with Crippen molar-refractivity contribution in [3.63, 3.8) is 0 Å². The summed E-state index contributed by atoms with van der Waals surface area (Å²) in [6.45, 7) is 0.154. The van der Waals surface area contributed by atoms with Crippen molar-refractivity contribution >= 4 is 23.0 Å². The van der Waals surface area contributed by atoms with Gasteiger partial charge in [0.15, 0.2) is 0 Å². The number of thiophene rings is 1. The van der Waals surface area contributed by atoms with Gasteiger partial charge in [-0.3, -0.25) is 0 Å². The average Bonchev–Trinajstić information content (AvgIpc) is 2.85. The third-order valence-corrected chi connectivity index (χ3v) is 3.58. The zero-order valence-electron chi connectivity index (χ0n) is 10.4. The van der Waals surface area contributed by atoms with Gasteiger partial charge in [-0.1, -0.05) is 0 Å². The Balaban J connectivity index is 2.11. The molecule has 0 atom stereocenters. The minimum absolute atomic E-state index is 0.106. The van der Waals surface area contributed by atoms with Crippen LogP contribution in [0.15, 0.2) is 29.6 Å². The lowest BCUT2D eigenvalue weighted by molar-refractivity contribution is -0.139. The van der Waals surface area contributed by atoms with Crippen molar-refractivity contribution in [2.24, 2.45) is 0 Å². The Kier molecular flexibility index (Phi) is 4.17. The fraction of sp³-hybridized carbons (Fsp3) is 0.154. The molecule has 0 aliphatic rings. The number of hydrogen-bond acceptors (Lipinski definition) is 3. The summed E-state index contributed by atoms with van der Waals surface area (Å²) in [5, 5.41) is 12.9. The molecule has 2 rings (SSSR count). The molecule has 0 spiro atoms. The monoisotopic (exact) mass is 319 g/mol. The fourth-order valence-electron chi connectivity index (χ4n) is 1.63. The topological polar surface area (TPSA) is 49.3 Å². The van der Waals surface area contributed by atoms with Crippen LogP contribution in [-0.4, -0.2) is 11.1 Å². The second kappa shape index (κ2) is 5.72. The van der Waals surface area contributed by atoms with Gasteiger partial charge in [-0.15, -0.1) is 11.3 Å². The van der Waals surface area contributed by atoms with Crippen LogP contribution in [0.5, 0.6) is 0 Å². The van der Waals surface area contributed by atoms with E-state index in [1.165, 1.54) is 28.8 Å². The van der Waals surface area contributed by atoms with E-state index >= 15 is 0 Å². The standard InChI is InChI=1S/C13H9F4NO2S/c14-11-2-1-8(4-10(11)13(15,16)17)18-5-9-3-7(6-21-9)12(19)20/h1-4,6,18H,5H2,(H,19,20). The second-order valence-electron chi connectivity index (χ2n) is 4.15. The summed E-state index contributed by atoms with van der Waals surface area (Å²) in [4.78, 5) is 11.3. The highest BCUT2D eigenvalue weighted by molar-refractivity contribution is 7.10. The van der Waals surface area contributed by atoms with Crippen LogP contribution in [0, 0.1) is 5.82 Å². The van der Waals surface area contributed by atoms with Crippen molar-refractivity contribution in [2.45, 2.75) is 12.7 Å². The molecule has 0 saturated carbocycles. The highest BCUT2D eigenvalue weighted by Gasteiger charge is 2.34. The third kappa shape index (κ3) is 3.72. The van der Waals surface area contributed by atoms with Crippen LogP contribution in [0.3, 0.4) is 0 Å². The van der Waals surface area contributed by atoms with E-state index in [9.17, 15) is 22.4 Å². The SMILES string of the molecule is O=C(O)c1csc(CNc2ccc(F)c(C(F)(F)F)c2)c1. The van der Waals surface area contributed by atoms with Gasteiger partial charge in [0.2, 0.25) is 0 Å². The Morgan fingerprint density at radius 3 is 2.57 bits per heavy atom. The van der Waals surface area contributed by atoms with Crippen LogP contribution in [0.4, 0.5) is 23.2 Å². The van der Waals surface area contributed by atoms with Gasteiger partial charge in [0.25, 0.3) is 0 Å². The van der Waals surface area contributed by atoms with Crippen molar-refractivity contribution in [1.29, 1.82) is 0 Å². The first kappa shape index (κ1) is 15.3. The quantitative estimate of drug-likeness (QED) is 0.830. The summed E-state index contributed by atoms with van der Waals surface area (Å²) < 4.78 is 50.8. The van der Waals surface area contributed by atoms with E-state index in [0.717, 1.165) is 6.07 Å². The van der Waals surface area contributed by atoms with Crippen molar-refractivity contribution in [3.05, 3.63) is 51.5 Å². The van der Waals surface area contributed by atoms with Crippen LogP contribution in [0.1, 0.15) is 20.8 Å². The Morgan fingerprint density at radius 2 is 2.00 bits per heavy atom. The summed E-state index contributed by atoms with van der Waals surface area (Å²) >= 11 is 1.17. The molecule has 0 aliphatic heterocycles. The molecule has 8 heteroatoms. The molecule has 0 bridgehead atoms. The lowest BCUT2D eigenvalue weighted by Gasteiger charge is -2.11. The Labute approximate surface area is 120 Å². The van der Waals surface area contributed by atoms with E-state index in [4.69, 9.17) is 5.11 Å². The maximum atomic E-state index is 13.1. The molecule has 112 valence electrons. The van der Waals surface area contributed by atoms with Crippen LogP contribution in [-0.2, 0) is 12.7 Å². The molecule has 1 heterocycles. The van der Waals surface area contributed by atoms with Crippen LogP contribution in [0.2, 0.25) is 0 Å². The molecule has 2 N–H and O–H groups in total. The van der Waals surface area contributed by atoms with Crippen molar-refractivity contribution < 1.29 is 27.5 Å². The summed E-state index contributed by atoms with van der Waals surface area (Å²) in [6.07, 6.45) is -4.76. The predicted octanol–water partition coefficient (Wildman–Crippen LogP) is 4.22. The van der Waals surface area contributed by atoms with E-state index in [0.29, 0.717) is 10.9 Å². The molecule has 2 aromatic rings. The molecule has 0 radical (unpaired) electrons. The lowest BCUT2D eigenvalue weighted by Crippen LogP contribution is -2.09. The normalized spacial score (nSPS) is 11.4. The Hall–Kier alpha value is -2.09. The number of alkyl halides is 3. The first-order chi connectivity index (χ1) is 9.77. The summed E-state index contributed by atoms with van der Waals surface area (Å²) in [7, 11) is 0. The van der Waals surface area contributed by atoms with E-state index in [-0.39, 0.29) is 17.8 Å². The molecule has 3 nitrogen and oxygen atoms in total. The first-order valence-corrected chi connectivity index (χ1v) is 6.56. The number of benzene rings is 1. The molecule has 0 fully saturated rings. The maximum absolute atomic E-state index is 13.1. The number of hydrogen-bond donors (Lipinski definition) is 2.